The zero-order valence-electron chi connectivity index (χ0n) is 11.2. The van der Waals surface area contributed by atoms with Crippen LogP contribution in [0.4, 0.5) is 4.39 Å². The van der Waals surface area contributed by atoms with E-state index >= 15 is 0 Å². The van der Waals surface area contributed by atoms with Gasteiger partial charge in [-0.05, 0) is 50.0 Å². The molecule has 1 aromatic carbocycles. The number of piperidine rings is 1. The van der Waals surface area contributed by atoms with Crippen molar-refractivity contribution in [3.8, 4) is 0 Å². The molecule has 0 spiro atoms. The number of carboxylic acid groups (broad SMARTS) is 1. The minimum atomic E-state index is -0.680. The molecule has 0 bridgehead atoms. The molecule has 2 rings (SSSR count). The third-order valence-corrected chi connectivity index (χ3v) is 4.24. The highest BCUT2D eigenvalue weighted by atomic mass is 19.1. The summed E-state index contributed by atoms with van der Waals surface area (Å²) in [6.07, 6.45) is 2.03. The van der Waals surface area contributed by atoms with E-state index < -0.39 is 11.4 Å². The minimum Gasteiger partial charge on any atom is -0.481 e. The van der Waals surface area contributed by atoms with Gasteiger partial charge in [0.2, 0.25) is 0 Å². The molecular formula is C15H20FNO2. The molecule has 1 aromatic rings. The predicted molar refractivity (Wildman–Crippen MR) is 71.3 cm³/mol. The number of nitrogens with zero attached hydrogens (tertiary/aromatic N) is 1. The van der Waals surface area contributed by atoms with Gasteiger partial charge in [0, 0.05) is 6.54 Å². The first-order chi connectivity index (χ1) is 9.05. The molecule has 19 heavy (non-hydrogen) atoms. The van der Waals surface area contributed by atoms with Crippen LogP contribution in [0.15, 0.2) is 24.3 Å². The van der Waals surface area contributed by atoms with Gasteiger partial charge in [0.15, 0.2) is 0 Å². The fraction of sp³-hybridized carbons (Fsp3) is 0.533. The third kappa shape index (κ3) is 3.13. The molecule has 1 aliphatic heterocycles. The van der Waals surface area contributed by atoms with Crippen LogP contribution in [0.5, 0.6) is 0 Å². The van der Waals surface area contributed by atoms with Crippen LogP contribution in [-0.2, 0) is 11.3 Å². The van der Waals surface area contributed by atoms with Gasteiger partial charge in [0.25, 0.3) is 0 Å². The number of carboxylic acids is 1. The van der Waals surface area contributed by atoms with Crippen molar-refractivity contribution in [2.45, 2.75) is 32.7 Å². The van der Waals surface area contributed by atoms with Crippen molar-refractivity contribution in [1.82, 2.24) is 4.90 Å². The van der Waals surface area contributed by atoms with Gasteiger partial charge in [-0.15, -0.1) is 0 Å². The SMILES string of the molecule is CCC1(C(=O)O)CCN(Cc2cccc(F)c2)CC1. The first-order valence-electron chi connectivity index (χ1n) is 6.76. The number of aliphatic carboxylic acids is 1. The van der Waals surface area contributed by atoms with Crippen molar-refractivity contribution >= 4 is 5.97 Å². The summed E-state index contributed by atoms with van der Waals surface area (Å²) in [5, 5.41) is 9.33. The highest BCUT2D eigenvalue weighted by Gasteiger charge is 2.39. The fourth-order valence-corrected chi connectivity index (χ4v) is 2.75. The van der Waals surface area contributed by atoms with Crippen LogP contribution >= 0.6 is 0 Å². The first kappa shape index (κ1) is 14.0. The molecule has 1 fully saturated rings. The molecule has 1 heterocycles. The summed E-state index contributed by atoms with van der Waals surface area (Å²) in [6.45, 7) is 4.15. The Morgan fingerprint density at radius 2 is 2.11 bits per heavy atom. The Balaban J connectivity index is 1.95. The number of rotatable bonds is 4. The van der Waals surface area contributed by atoms with E-state index in [9.17, 15) is 14.3 Å². The molecule has 0 unspecified atom stereocenters. The van der Waals surface area contributed by atoms with E-state index in [0.717, 1.165) is 18.7 Å². The van der Waals surface area contributed by atoms with Crippen molar-refractivity contribution in [3.05, 3.63) is 35.6 Å². The second-order valence-electron chi connectivity index (χ2n) is 5.35. The Hall–Kier alpha value is -1.42. The summed E-state index contributed by atoms with van der Waals surface area (Å²) in [4.78, 5) is 13.5. The van der Waals surface area contributed by atoms with E-state index in [2.05, 4.69) is 4.90 Å². The Morgan fingerprint density at radius 1 is 1.42 bits per heavy atom. The Labute approximate surface area is 113 Å². The Kier molecular flexibility index (Phi) is 4.20. The van der Waals surface area contributed by atoms with Crippen LogP contribution < -0.4 is 0 Å². The summed E-state index contributed by atoms with van der Waals surface area (Å²) in [5.41, 5.74) is 0.387. The van der Waals surface area contributed by atoms with Gasteiger partial charge in [-0.25, -0.2) is 4.39 Å². The van der Waals surface area contributed by atoms with Gasteiger partial charge in [-0.3, -0.25) is 9.69 Å². The smallest absolute Gasteiger partial charge is 0.309 e. The van der Waals surface area contributed by atoms with Crippen molar-refractivity contribution in [3.63, 3.8) is 0 Å². The van der Waals surface area contributed by atoms with Crippen molar-refractivity contribution in [1.29, 1.82) is 0 Å². The molecular weight excluding hydrogens is 245 g/mol. The summed E-state index contributed by atoms with van der Waals surface area (Å²) < 4.78 is 13.1. The molecule has 0 radical (unpaired) electrons. The quantitative estimate of drug-likeness (QED) is 0.910. The number of benzene rings is 1. The van der Waals surface area contributed by atoms with Gasteiger partial charge < -0.3 is 5.11 Å². The normalized spacial score (nSPS) is 19.3. The molecule has 0 saturated carbocycles. The lowest BCUT2D eigenvalue weighted by atomic mass is 9.76. The lowest BCUT2D eigenvalue weighted by molar-refractivity contribution is -0.152. The average Bonchev–Trinajstić information content (AvgIpc) is 2.39. The van der Waals surface area contributed by atoms with Gasteiger partial charge >= 0.3 is 5.97 Å². The van der Waals surface area contributed by atoms with Gasteiger partial charge in [0.1, 0.15) is 5.82 Å². The molecule has 104 valence electrons. The monoisotopic (exact) mass is 265 g/mol. The molecule has 1 N–H and O–H groups in total. The maximum Gasteiger partial charge on any atom is 0.309 e. The summed E-state index contributed by atoms with van der Waals surface area (Å²) >= 11 is 0. The summed E-state index contributed by atoms with van der Waals surface area (Å²) in [7, 11) is 0. The second-order valence-corrected chi connectivity index (χ2v) is 5.35. The zero-order chi connectivity index (χ0) is 13.9. The van der Waals surface area contributed by atoms with E-state index in [1.807, 2.05) is 13.0 Å². The highest BCUT2D eigenvalue weighted by molar-refractivity contribution is 5.74. The topological polar surface area (TPSA) is 40.5 Å². The minimum absolute atomic E-state index is 0.219. The molecule has 4 heteroatoms. The van der Waals surface area contributed by atoms with Crippen molar-refractivity contribution in [2.24, 2.45) is 5.41 Å². The molecule has 1 aliphatic rings. The van der Waals surface area contributed by atoms with E-state index in [1.165, 1.54) is 6.07 Å². The largest absolute Gasteiger partial charge is 0.481 e. The van der Waals surface area contributed by atoms with Crippen molar-refractivity contribution < 1.29 is 14.3 Å². The van der Waals surface area contributed by atoms with E-state index in [0.29, 0.717) is 25.8 Å². The van der Waals surface area contributed by atoms with Crippen LogP contribution in [0.25, 0.3) is 0 Å². The Bertz CT molecular complexity index is 453. The number of carbonyl (C=O) groups is 1. The Morgan fingerprint density at radius 3 is 2.63 bits per heavy atom. The van der Waals surface area contributed by atoms with E-state index in [1.54, 1.807) is 12.1 Å². The zero-order valence-corrected chi connectivity index (χ0v) is 11.2. The van der Waals surface area contributed by atoms with Crippen LogP contribution in [0.3, 0.4) is 0 Å². The van der Waals surface area contributed by atoms with Gasteiger partial charge in [-0.2, -0.15) is 0 Å². The lowest BCUT2D eigenvalue weighted by Crippen LogP contribution is -2.43. The van der Waals surface area contributed by atoms with Crippen LogP contribution in [0, 0.1) is 11.2 Å². The number of halogens is 1. The lowest BCUT2D eigenvalue weighted by Gasteiger charge is -2.38. The van der Waals surface area contributed by atoms with Gasteiger partial charge in [0.05, 0.1) is 5.41 Å². The van der Waals surface area contributed by atoms with Crippen LogP contribution in [-0.4, -0.2) is 29.1 Å². The van der Waals surface area contributed by atoms with Crippen molar-refractivity contribution in [2.75, 3.05) is 13.1 Å². The molecule has 0 atom stereocenters. The van der Waals surface area contributed by atoms with Crippen LogP contribution in [0.1, 0.15) is 31.7 Å². The van der Waals surface area contributed by atoms with Crippen LogP contribution in [0.2, 0.25) is 0 Å². The third-order valence-electron chi connectivity index (χ3n) is 4.24. The number of likely N-dealkylation sites (tertiary alicyclic amines) is 1. The molecule has 1 saturated heterocycles. The maximum absolute atomic E-state index is 13.1. The predicted octanol–water partition coefficient (Wildman–Crippen LogP) is 2.90. The fourth-order valence-electron chi connectivity index (χ4n) is 2.75. The molecule has 0 aliphatic carbocycles. The molecule has 0 amide bonds. The molecule has 0 aromatic heterocycles. The summed E-state index contributed by atoms with van der Waals surface area (Å²) in [5.74, 6) is -0.900. The molecule has 3 nitrogen and oxygen atoms in total. The standard InChI is InChI=1S/C15H20FNO2/c1-2-15(14(18)19)6-8-17(9-7-15)11-12-4-3-5-13(16)10-12/h3-5,10H,2,6-9,11H2,1H3,(H,18,19). The highest BCUT2D eigenvalue weighted by Crippen LogP contribution is 2.35. The average molecular weight is 265 g/mol. The maximum atomic E-state index is 13.1. The number of hydrogen-bond acceptors (Lipinski definition) is 2. The van der Waals surface area contributed by atoms with E-state index in [4.69, 9.17) is 0 Å². The second kappa shape index (κ2) is 5.70. The first-order valence-corrected chi connectivity index (χ1v) is 6.76. The van der Waals surface area contributed by atoms with E-state index in [-0.39, 0.29) is 5.82 Å². The summed E-state index contributed by atoms with van der Waals surface area (Å²) in [6, 6.07) is 6.59. The number of hydrogen-bond donors (Lipinski definition) is 1. The van der Waals surface area contributed by atoms with Gasteiger partial charge in [-0.1, -0.05) is 19.1 Å².